The first kappa shape index (κ1) is 18.9. The highest BCUT2D eigenvalue weighted by Crippen LogP contribution is 2.48. The number of amides is 1. The van der Waals surface area contributed by atoms with Crippen molar-refractivity contribution < 1.29 is 27.9 Å². The number of anilines is 1. The van der Waals surface area contributed by atoms with Gasteiger partial charge in [-0.15, -0.1) is 0 Å². The molecule has 0 bridgehead atoms. The average molecular weight is 400 g/mol. The third-order valence-electron chi connectivity index (χ3n) is 5.05. The lowest BCUT2D eigenvalue weighted by Gasteiger charge is -2.11. The molecule has 5 nitrogen and oxygen atoms in total. The summed E-state index contributed by atoms with van der Waals surface area (Å²) in [6.45, 7) is 0. The van der Waals surface area contributed by atoms with E-state index in [2.05, 4.69) is 10.3 Å². The summed E-state index contributed by atoms with van der Waals surface area (Å²) in [6, 6.07) is 10.7. The van der Waals surface area contributed by atoms with E-state index in [4.69, 9.17) is 5.11 Å². The minimum atomic E-state index is -4.54. The molecule has 2 aromatic carbocycles. The molecule has 0 saturated heterocycles. The number of rotatable bonds is 4. The van der Waals surface area contributed by atoms with E-state index in [9.17, 15) is 22.8 Å². The van der Waals surface area contributed by atoms with E-state index in [1.165, 1.54) is 30.5 Å². The number of carboxylic acids is 1. The molecular formula is C21H15F3N2O3. The molecule has 3 aromatic rings. The van der Waals surface area contributed by atoms with E-state index >= 15 is 0 Å². The van der Waals surface area contributed by atoms with Crippen molar-refractivity contribution in [3.05, 3.63) is 71.5 Å². The van der Waals surface area contributed by atoms with Gasteiger partial charge in [0.1, 0.15) is 0 Å². The summed E-state index contributed by atoms with van der Waals surface area (Å²) in [4.78, 5) is 27.1. The van der Waals surface area contributed by atoms with E-state index < -0.39 is 17.7 Å². The van der Waals surface area contributed by atoms with Gasteiger partial charge in [0.15, 0.2) is 0 Å². The van der Waals surface area contributed by atoms with Crippen LogP contribution in [0.1, 0.15) is 33.8 Å². The molecule has 1 aliphatic rings. The van der Waals surface area contributed by atoms with Crippen LogP contribution in [0.3, 0.4) is 0 Å². The van der Waals surface area contributed by atoms with Crippen LogP contribution in [0.2, 0.25) is 0 Å². The van der Waals surface area contributed by atoms with Crippen molar-refractivity contribution in [2.24, 2.45) is 5.92 Å². The van der Waals surface area contributed by atoms with Gasteiger partial charge in [-0.25, -0.2) is 4.79 Å². The van der Waals surface area contributed by atoms with Gasteiger partial charge < -0.3 is 10.4 Å². The largest absolute Gasteiger partial charge is 0.478 e. The molecule has 4 rings (SSSR count). The van der Waals surface area contributed by atoms with E-state index in [-0.39, 0.29) is 34.4 Å². The number of hydrogen-bond acceptors (Lipinski definition) is 3. The maximum absolute atomic E-state index is 13.2. The molecule has 1 amide bonds. The van der Waals surface area contributed by atoms with Crippen LogP contribution < -0.4 is 5.32 Å². The molecule has 148 valence electrons. The zero-order valence-electron chi connectivity index (χ0n) is 14.9. The first-order valence-electron chi connectivity index (χ1n) is 8.83. The number of carbonyl (C=O) groups excluding carboxylic acids is 1. The Hall–Kier alpha value is -3.42. The number of benzene rings is 2. The maximum atomic E-state index is 13.2. The molecule has 0 aliphatic heterocycles. The van der Waals surface area contributed by atoms with Crippen LogP contribution in [0, 0.1) is 5.92 Å². The van der Waals surface area contributed by atoms with Gasteiger partial charge in [-0.3, -0.25) is 9.78 Å². The predicted octanol–water partition coefficient (Wildman–Crippen LogP) is 4.69. The van der Waals surface area contributed by atoms with Crippen molar-refractivity contribution in [3.63, 3.8) is 0 Å². The molecule has 1 heterocycles. The fraction of sp³-hybridized carbons (Fsp3) is 0.190. The second-order valence-corrected chi connectivity index (χ2v) is 6.99. The van der Waals surface area contributed by atoms with Crippen LogP contribution in [-0.4, -0.2) is 22.0 Å². The number of aromatic carboxylic acids is 1. The predicted molar refractivity (Wildman–Crippen MR) is 99.6 cm³/mol. The van der Waals surface area contributed by atoms with Gasteiger partial charge in [0.25, 0.3) is 0 Å². The number of fused-ring (bicyclic) bond motifs is 1. The molecule has 2 N–H and O–H groups in total. The van der Waals surface area contributed by atoms with Gasteiger partial charge in [0.2, 0.25) is 5.91 Å². The van der Waals surface area contributed by atoms with Crippen molar-refractivity contribution >= 4 is 28.3 Å². The molecule has 1 aliphatic carbocycles. The summed E-state index contributed by atoms with van der Waals surface area (Å²) in [7, 11) is 0. The Balaban J connectivity index is 1.50. The quantitative estimate of drug-likeness (QED) is 0.666. The number of carbonyl (C=O) groups is 2. The van der Waals surface area contributed by atoms with Crippen molar-refractivity contribution in [3.8, 4) is 0 Å². The maximum Gasteiger partial charge on any atom is 0.418 e. The standard InChI is InChI=1S/C21H15F3N2O3/c22-21(23,24)18-10-25-9-13-5-6-14(7-16(13)18)26-19(27)17-8-15(17)11-1-3-12(4-2-11)20(28)29/h1-7,9-10,15,17H,8H2,(H,26,27)(H,28,29)/t15?,17-/m1/s1. The molecule has 1 unspecified atom stereocenters. The zero-order valence-corrected chi connectivity index (χ0v) is 14.9. The molecule has 1 fully saturated rings. The van der Waals surface area contributed by atoms with Gasteiger partial charge in [-0.2, -0.15) is 13.2 Å². The van der Waals surface area contributed by atoms with Gasteiger partial charge in [-0.1, -0.05) is 18.2 Å². The van der Waals surface area contributed by atoms with Gasteiger partial charge in [0, 0.05) is 29.4 Å². The molecule has 8 heteroatoms. The average Bonchev–Trinajstić information content (AvgIpc) is 3.48. The fourth-order valence-corrected chi connectivity index (χ4v) is 3.43. The number of halogens is 3. The summed E-state index contributed by atoms with van der Waals surface area (Å²) in [5, 5.41) is 11.9. The van der Waals surface area contributed by atoms with Gasteiger partial charge >= 0.3 is 12.1 Å². The topological polar surface area (TPSA) is 79.3 Å². The zero-order chi connectivity index (χ0) is 20.8. The van der Waals surface area contributed by atoms with E-state index in [0.717, 1.165) is 11.8 Å². The van der Waals surface area contributed by atoms with Crippen LogP contribution in [-0.2, 0) is 11.0 Å². The van der Waals surface area contributed by atoms with Crippen molar-refractivity contribution in [1.82, 2.24) is 4.98 Å². The smallest absolute Gasteiger partial charge is 0.418 e. The first-order chi connectivity index (χ1) is 13.7. The lowest BCUT2D eigenvalue weighted by molar-refractivity contribution is -0.136. The van der Waals surface area contributed by atoms with Crippen LogP contribution in [0.4, 0.5) is 18.9 Å². The molecular weight excluding hydrogens is 385 g/mol. The number of alkyl halides is 3. The molecule has 1 saturated carbocycles. The molecule has 2 atom stereocenters. The van der Waals surface area contributed by atoms with E-state index in [1.54, 1.807) is 18.2 Å². The summed E-state index contributed by atoms with van der Waals surface area (Å²) < 4.78 is 39.6. The SMILES string of the molecule is O=C(O)c1ccc(C2C[C@H]2C(=O)Nc2ccc3cncc(C(F)(F)F)c3c2)cc1. The Labute approximate surface area is 163 Å². The lowest BCUT2D eigenvalue weighted by Crippen LogP contribution is -2.14. The lowest BCUT2D eigenvalue weighted by atomic mass is 10.1. The minimum absolute atomic E-state index is 0.0260. The molecule has 0 spiro atoms. The van der Waals surface area contributed by atoms with Crippen LogP contribution >= 0.6 is 0 Å². The molecule has 0 radical (unpaired) electrons. The summed E-state index contributed by atoms with van der Waals surface area (Å²) in [5.41, 5.74) is 0.459. The number of carboxylic acid groups (broad SMARTS) is 1. The Morgan fingerprint density at radius 3 is 2.45 bits per heavy atom. The monoisotopic (exact) mass is 400 g/mol. The normalized spacial score (nSPS) is 18.4. The van der Waals surface area contributed by atoms with Gasteiger partial charge in [0.05, 0.1) is 11.1 Å². The second-order valence-electron chi connectivity index (χ2n) is 6.99. The number of aromatic nitrogens is 1. The first-order valence-corrected chi connectivity index (χ1v) is 8.83. The van der Waals surface area contributed by atoms with Crippen molar-refractivity contribution in [2.45, 2.75) is 18.5 Å². The Bertz CT molecular complexity index is 1110. The number of pyridine rings is 1. The Morgan fingerprint density at radius 2 is 1.79 bits per heavy atom. The molecule has 1 aromatic heterocycles. The summed E-state index contributed by atoms with van der Waals surface area (Å²) in [6.07, 6.45) is -1.83. The summed E-state index contributed by atoms with van der Waals surface area (Å²) >= 11 is 0. The van der Waals surface area contributed by atoms with Crippen molar-refractivity contribution in [2.75, 3.05) is 5.32 Å². The highest BCUT2D eigenvalue weighted by atomic mass is 19.4. The number of hydrogen-bond donors (Lipinski definition) is 2. The summed E-state index contributed by atoms with van der Waals surface area (Å²) in [5.74, 6) is -1.64. The van der Waals surface area contributed by atoms with Crippen molar-refractivity contribution in [1.29, 1.82) is 0 Å². The van der Waals surface area contributed by atoms with Crippen LogP contribution in [0.15, 0.2) is 54.9 Å². The molecule has 29 heavy (non-hydrogen) atoms. The number of nitrogens with zero attached hydrogens (tertiary/aromatic N) is 1. The third kappa shape index (κ3) is 3.78. The Morgan fingerprint density at radius 1 is 1.07 bits per heavy atom. The van der Waals surface area contributed by atoms with E-state index in [1.807, 2.05) is 0 Å². The highest BCUT2D eigenvalue weighted by molar-refractivity contribution is 5.98. The second kappa shape index (κ2) is 6.88. The fourth-order valence-electron chi connectivity index (χ4n) is 3.43. The number of nitrogens with one attached hydrogen (secondary N) is 1. The third-order valence-corrected chi connectivity index (χ3v) is 5.05. The van der Waals surface area contributed by atoms with Gasteiger partial charge in [-0.05, 0) is 47.6 Å². The Kier molecular flexibility index (Phi) is 4.49. The van der Waals surface area contributed by atoms with Crippen LogP contribution in [0.25, 0.3) is 10.8 Å². The minimum Gasteiger partial charge on any atom is -0.478 e. The van der Waals surface area contributed by atoms with Crippen LogP contribution in [0.5, 0.6) is 0 Å². The highest BCUT2D eigenvalue weighted by Gasteiger charge is 2.44. The van der Waals surface area contributed by atoms with E-state index in [0.29, 0.717) is 11.8 Å².